The van der Waals surface area contributed by atoms with E-state index in [0.29, 0.717) is 16.4 Å². The monoisotopic (exact) mass is 508 g/mol. The molecule has 3 nitrogen and oxygen atoms in total. The molecule has 3 saturated heterocycles. The summed E-state index contributed by atoms with van der Waals surface area (Å²) < 4.78 is 0. The van der Waals surface area contributed by atoms with Gasteiger partial charge < -0.3 is 0 Å². The normalized spacial score (nSPS) is 25.5. The molecule has 2 atom stereocenters. The van der Waals surface area contributed by atoms with Crippen molar-refractivity contribution in [1.82, 2.24) is 14.7 Å². The summed E-state index contributed by atoms with van der Waals surface area (Å²) in [5.74, 6) is 0.837. The Hall–Kier alpha value is -0.120. The van der Waals surface area contributed by atoms with Crippen LogP contribution < -0.4 is 0 Å². The van der Waals surface area contributed by atoms with Crippen molar-refractivity contribution >= 4 is 0 Å². The third-order valence-corrected chi connectivity index (χ3v) is 10.7. The van der Waals surface area contributed by atoms with Gasteiger partial charge in [0.25, 0.3) is 0 Å². The van der Waals surface area contributed by atoms with Crippen molar-refractivity contribution in [2.24, 2.45) is 16.7 Å². The molecule has 216 valence electrons. The van der Waals surface area contributed by atoms with Crippen LogP contribution in [0.4, 0.5) is 0 Å². The summed E-state index contributed by atoms with van der Waals surface area (Å²) in [6.07, 6.45) is 7.89. The van der Waals surface area contributed by atoms with Crippen molar-refractivity contribution in [3.05, 3.63) is 0 Å². The van der Waals surface area contributed by atoms with Crippen LogP contribution in [-0.4, -0.2) is 69.6 Å². The largest absolute Gasteiger partial charge is 0.298 e. The van der Waals surface area contributed by atoms with Gasteiger partial charge in [-0.2, -0.15) is 0 Å². The lowest BCUT2D eigenvalue weighted by Gasteiger charge is -2.54. The molecule has 3 heteroatoms. The number of hydrogen-bond donors (Lipinski definition) is 0. The molecule has 0 N–H and O–H groups in total. The molecule has 36 heavy (non-hydrogen) atoms. The molecule has 0 aromatic rings. The maximum Gasteiger partial charge on any atom is 0.0244 e. The highest BCUT2D eigenvalue weighted by molar-refractivity contribution is 5.08. The van der Waals surface area contributed by atoms with Gasteiger partial charge in [-0.1, -0.05) is 62.3 Å². The summed E-state index contributed by atoms with van der Waals surface area (Å²) in [7, 11) is 0. The number of hydrogen-bond acceptors (Lipinski definition) is 3. The average Bonchev–Trinajstić information content (AvgIpc) is 3.35. The van der Waals surface area contributed by atoms with Gasteiger partial charge in [-0.25, -0.2) is 0 Å². The summed E-state index contributed by atoms with van der Waals surface area (Å²) >= 11 is 0. The van der Waals surface area contributed by atoms with Gasteiger partial charge in [-0.05, 0) is 110 Å². The Morgan fingerprint density at radius 1 is 0.694 bits per heavy atom. The van der Waals surface area contributed by atoms with E-state index < -0.39 is 0 Å². The van der Waals surface area contributed by atoms with Crippen LogP contribution in [0.25, 0.3) is 0 Å². The summed E-state index contributed by atoms with van der Waals surface area (Å²) in [6, 6.07) is 1.51. The summed E-state index contributed by atoms with van der Waals surface area (Å²) in [5.41, 5.74) is 1.61. The van der Waals surface area contributed by atoms with E-state index in [0.717, 1.165) is 18.0 Å². The Morgan fingerprint density at radius 3 is 1.53 bits per heavy atom. The molecule has 0 aliphatic carbocycles. The van der Waals surface area contributed by atoms with Gasteiger partial charge in [0.05, 0.1) is 0 Å². The Labute approximate surface area is 229 Å². The molecule has 0 amide bonds. The predicted octanol–water partition coefficient (Wildman–Crippen LogP) is 8.72. The lowest BCUT2D eigenvalue weighted by Crippen LogP contribution is -2.60. The molecular formula is C33H69N3. The summed E-state index contributed by atoms with van der Waals surface area (Å²) in [6.45, 7) is 38.9. The molecule has 3 aliphatic rings. The maximum atomic E-state index is 2.89. The van der Waals surface area contributed by atoms with E-state index in [1.807, 2.05) is 0 Å². The number of rotatable bonds is 7. The first-order valence-corrected chi connectivity index (χ1v) is 15.1. The van der Waals surface area contributed by atoms with Gasteiger partial charge in [0.2, 0.25) is 0 Å². The van der Waals surface area contributed by atoms with Gasteiger partial charge in [-0.3, -0.25) is 14.7 Å². The lowest BCUT2D eigenvalue weighted by molar-refractivity contribution is -0.0448. The molecular weight excluding hydrogens is 438 g/mol. The Bertz CT molecular complexity index is 661. The smallest absolute Gasteiger partial charge is 0.0244 e. The zero-order valence-electron chi connectivity index (χ0n) is 26.6. The number of nitrogens with zero attached hydrogens (tertiary/aromatic N) is 3. The lowest BCUT2D eigenvalue weighted by atomic mass is 9.66. The molecule has 0 radical (unpaired) electrons. The first-order chi connectivity index (χ1) is 15.8. The Kier molecular flexibility index (Phi) is 11.3. The standard InChI is InChI=1S/C29H57N3.C3H8.CH4/c1-13-27(7,8)29(11,12)30-16-14-22(15-17-30)26(5,6)21-28(9,10)32-20-23-18-24(32)19-31(23)25(2,3)4;1-3-2;/h22-24H,13-21H2,1-12H3;3H2,1-2H3;1H4/t23-,24-;;/m1../s1. The SMILES string of the molecule is C.CCC.CCC(C)(C)C(C)(C)N1CCC(C(C)(C)CC(C)(C)N2C[C@H]3C[C@@H]2CN3C(C)(C)C)CC1. The average molecular weight is 508 g/mol. The van der Waals surface area contributed by atoms with E-state index in [2.05, 4.69) is 112 Å². The van der Waals surface area contributed by atoms with Crippen LogP contribution in [0, 0.1) is 16.7 Å². The Balaban J connectivity index is 0.00000154. The quantitative estimate of drug-likeness (QED) is 0.341. The number of piperidine rings is 1. The highest BCUT2D eigenvalue weighted by atomic mass is 15.4. The van der Waals surface area contributed by atoms with E-state index >= 15 is 0 Å². The fourth-order valence-corrected chi connectivity index (χ4v) is 7.67. The molecule has 0 unspecified atom stereocenters. The fraction of sp³-hybridized carbons (Fsp3) is 1.00. The highest BCUT2D eigenvalue weighted by Crippen LogP contribution is 2.48. The van der Waals surface area contributed by atoms with Gasteiger partial charge in [0.15, 0.2) is 0 Å². The van der Waals surface area contributed by atoms with E-state index in [-0.39, 0.29) is 18.5 Å². The third-order valence-electron chi connectivity index (χ3n) is 10.7. The van der Waals surface area contributed by atoms with Gasteiger partial charge >= 0.3 is 0 Å². The highest BCUT2D eigenvalue weighted by Gasteiger charge is 2.52. The molecule has 0 aromatic carbocycles. The minimum atomic E-state index is 0. The van der Waals surface area contributed by atoms with E-state index in [4.69, 9.17) is 0 Å². The Morgan fingerprint density at radius 2 is 1.14 bits per heavy atom. The van der Waals surface area contributed by atoms with Crippen molar-refractivity contribution in [1.29, 1.82) is 0 Å². The van der Waals surface area contributed by atoms with Crippen LogP contribution in [-0.2, 0) is 0 Å². The molecule has 3 aliphatic heterocycles. The second kappa shape index (κ2) is 12.0. The van der Waals surface area contributed by atoms with Gasteiger partial charge in [0, 0.05) is 41.8 Å². The van der Waals surface area contributed by atoms with Crippen molar-refractivity contribution < 1.29 is 0 Å². The summed E-state index contributed by atoms with van der Waals surface area (Å²) in [5, 5.41) is 0. The van der Waals surface area contributed by atoms with Crippen LogP contribution >= 0.6 is 0 Å². The molecule has 2 bridgehead atoms. The van der Waals surface area contributed by atoms with Crippen molar-refractivity contribution in [2.75, 3.05) is 26.2 Å². The molecule has 3 rings (SSSR count). The molecule has 3 heterocycles. The third kappa shape index (κ3) is 7.09. The number of fused-ring (bicyclic) bond motifs is 2. The van der Waals surface area contributed by atoms with Crippen LogP contribution in [0.15, 0.2) is 0 Å². The van der Waals surface area contributed by atoms with Crippen molar-refractivity contribution in [3.8, 4) is 0 Å². The van der Waals surface area contributed by atoms with Crippen LogP contribution in [0.3, 0.4) is 0 Å². The van der Waals surface area contributed by atoms with E-state index in [1.165, 1.54) is 64.7 Å². The molecule has 3 fully saturated rings. The topological polar surface area (TPSA) is 9.72 Å². The maximum absolute atomic E-state index is 2.89. The predicted molar refractivity (Wildman–Crippen MR) is 163 cm³/mol. The van der Waals surface area contributed by atoms with E-state index in [9.17, 15) is 0 Å². The van der Waals surface area contributed by atoms with Crippen LogP contribution in [0.1, 0.15) is 143 Å². The number of piperazine rings is 1. The zero-order valence-corrected chi connectivity index (χ0v) is 26.6. The second-order valence-corrected chi connectivity index (χ2v) is 15.8. The first-order valence-electron chi connectivity index (χ1n) is 15.1. The summed E-state index contributed by atoms with van der Waals surface area (Å²) in [4.78, 5) is 8.46. The van der Waals surface area contributed by atoms with E-state index in [1.54, 1.807) is 0 Å². The first kappa shape index (κ1) is 33.9. The van der Waals surface area contributed by atoms with Gasteiger partial charge in [0.1, 0.15) is 0 Å². The minimum Gasteiger partial charge on any atom is -0.298 e. The minimum absolute atomic E-state index is 0. The van der Waals surface area contributed by atoms with Crippen molar-refractivity contribution in [2.45, 2.75) is 172 Å². The van der Waals surface area contributed by atoms with Crippen molar-refractivity contribution in [3.63, 3.8) is 0 Å². The van der Waals surface area contributed by atoms with Gasteiger partial charge in [-0.15, -0.1) is 0 Å². The number of likely N-dealkylation sites (tertiary alicyclic amines) is 3. The molecule has 0 aromatic heterocycles. The van der Waals surface area contributed by atoms with Crippen LogP contribution in [0.2, 0.25) is 0 Å². The molecule has 0 saturated carbocycles. The van der Waals surface area contributed by atoms with Crippen LogP contribution in [0.5, 0.6) is 0 Å². The molecule has 0 spiro atoms. The fourth-order valence-electron chi connectivity index (χ4n) is 7.67. The zero-order chi connectivity index (χ0) is 27.0. The second-order valence-electron chi connectivity index (χ2n) is 15.8.